The van der Waals surface area contributed by atoms with Crippen LogP contribution < -0.4 is 14.8 Å². The van der Waals surface area contributed by atoms with Gasteiger partial charge < -0.3 is 19.9 Å². The number of carboxylic acids is 1. The molecule has 28 heavy (non-hydrogen) atoms. The van der Waals surface area contributed by atoms with E-state index in [1.807, 2.05) is 27.7 Å². The average Bonchev–Trinajstić information content (AvgIpc) is 2.59. The number of rotatable bonds is 8. The third-order valence-corrected chi connectivity index (χ3v) is 3.33. The Bertz CT molecular complexity index is 829. The van der Waals surface area contributed by atoms with Gasteiger partial charge in [0.15, 0.2) is 0 Å². The number of hydrogen-bond acceptors (Lipinski definition) is 5. The molecule has 1 aromatic carbocycles. The minimum atomic E-state index is -1.04. The Morgan fingerprint density at radius 1 is 1.04 bits per heavy atom. The molecule has 2 N–H and O–H groups in total. The predicted octanol–water partition coefficient (Wildman–Crippen LogP) is 4.01. The van der Waals surface area contributed by atoms with Crippen molar-refractivity contribution in [2.75, 3.05) is 5.32 Å². The molecule has 0 fully saturated rings. The summed E-state index contributed by atoms with van der Waals surface area (Å²) in [4.78, 5) is 27.3. The van der Waals surface area contributed by atoms with Gasteiger partial charge in [-0.3, -0.25) is 4.79 Å². The lowest BCUT2D eigenvalue weighted by Gasteiger charge is -2.15. The van der Waals surface area contributed by atoms with Crippen LogP contribution in [-0.4, -0.2) is 34.2 Å². The van der Waals surface area contributed by atoms with Gasteiger partial charge in [-0.2, -0.15) is 0 Å². The molecule has 0 saturated heterocycles. The molecule has 7 heteroatoms. The highest BCUT2D eigenvalue weighted by Crippen LogP contribution is 2.25. The number of nitrogens with zero attached hydrogens (tertiary/aromatic N) is 1. The van der Waals surface area contributed by atoms with Crippen LogP contribution in [0, 0.1) is 0 Å². The molecular formula is C21H24N2O5. The summed E-state index contributed by atoms with van der Waals surface area (Å²) in [5.41, 5.74) is 0.991. The van der Waals surface area contributed by atoms with Crippen LogP contribution in [0.25, 0.3) is 6.08 Å². The summed E-state index contributed by atoms with van der Waals surface area (Å²) < 4.78 is 11.4. The summed E-state index contributed by atoms with van der Waals surface area (Å²) in [6, 6.07) is 8.30. The lowest BCUT2D eigenvalue weighted by atomic mass is 10.1. The number of hydrogen-bond donors (Lipinski definition) is 2. The molecule has 148 valence electrons. The van der Waals surface area contributed by atoms with E-state index in [-0.39, 0.29) is 18.1 Å². The van der Waals surface area contributed by atoms with Crippen molar-refractivity contribution < 1.29 is 24.2 Å². The molecule has 0 aliphatic rings. The number of aromatic nitrogens is 1. The van der Waals surface area contributed by atoms with Crippen molar-refractivity contribution in [2.24, 2.45) is 0 Å². The first kappa shape index (κ1) is 21.0. The van der Waals surface area contributed by atoms with Gasteiger partial charge in [-0.15, -0.1) is 0 Å². The van der Waals surface area contributed by atoms with Crippen molar-refractivity contribution in [1.82, 2.24) is 4.98 Å². The van der Waals surface area contributed by atoms with Crippen molar-refractivity contribution in [3.8, 4) is 11.5 Å². The molecule has 0 radical (unpaired) electrons. The molecule has 1 heterocycles. The standard InChI is InChI=1S/C21H24N2O5/c1-13(2)27-17-9-16(10-18(11-17)28-14(3)4)21(26)23-19-7-5-15(12-22-19)6-8-20(24)25/h5-14H,1-4H3,(H,24,25)(H,22,23,26)/b8-6+. The van der Waals surface area contributed by atoms with Crippen molar-refractivity contribution in [1.29, 1.82) is 0 Å². The fraction of sp³-hybridized carbons (Fsp3) is 0.286. The topological polar surface area (TPSA) is 97.8 Å². The highest BCUT2D eigenvalue weighted by Gasteiger charge is 2.13. The number of benzene rings is 1. The number of ether oxygens (including phenoxy) is 2. The second-order valence-corrected chi connectivity index (χ2v) is 6.63. The van der Waals surface area contributed by atoms with Crippen LogP contribution in [-0.2, 0) is 4.79 Å². The summed E-state index contributed by atoms with van der Waals surface area (Å²) in [6.07, 6.45) is 3.83. The van der Waals surface area contributed by atoms with Gasteiger partial charge in [0.05, 0.1) is 12.2 Å². The molecule has 0 aliphatic heterocycles. The van der Waals surface area contributed by atoms with Gasteiger partial charge in [0.2, 0.25) is 0 Å². The maximum absolute atomic E-state index is 12.6. The van der Waals surface area contributed by atoms with Gasteiger partial charge in [-0.1, -0.05) is 0 Å². The monoisotopic (exact) mass is 384 g/mol. The molecule has 0 bridgehead atoms. The van der Waals surface area contributed by atoms with Crippen LogP contribution in [0.15, 0.2) is 42.6 Å². The van der Waals surface area contributed by atoms with E-state index in [4.69, 9.17) is 14.6 Å². The van der Waals surface area contributed by atoms with Crippen molar-refractivity contribution in [3.05, 3.63) is 53.7 Å². The number of carboxylic acid groups (broad SMARTS) is 1. The lowest BCUT2D eigenvalue weighted by Crippen LogP contribution is -2.15. The molecule has 1 aromatic heterocycles. The normalized spacial score (nSPS) is 11.1. The SMILES string of the molecule is CC(C)Oc1cc(OC(C)C)cc(C(=O)Nc2ccc(/C=C/C(=O)O)cn2)c1. The Balaban J connectivity index is 2.19. The van der Waals surface area contributed by atoms with E-state index in [0.717, 1.165) is 6.08 Å². The second kappa shape index (κ2) is 9.55. The first-order valence-corrected chi connectivity index (χ1v) is 8.89. The number of aliphatic carboxylic acids is 1. The Hall–Kier alpha value is -3.35. The van der Waals surface area contributed by atoms with Gasteiger partial charge in [0.1, 0.15) is 17.3 Å². The molecule has 1 amide bonds. The molecule has 0 aliphatic carbocycles. The van der Waals surface area contributed by atoms with Crippen molar-refractivity contribution in [3.63, 3.8) is 0 Å². The van der Waals surface area contributed by atoms with Crippen molar-refractivity contribution in [2.45, 2.75) is 39.9 Å². The van der Waals surface area contributed by atoms with E-state index in [0.29, 0.717) is 28.4 Å². The van der Waals surface area contributed by atoms with E-state index in [9.17, 15) is 9.59 Å². The largest absolute Gasteiger partial charge is 0.491 e. The molecule has 0 saturated carbocycles. The maximum Gasteiger partial charge on any atom is 0.328 e. The zero-order chi connectivity index (χ0) is 20.7. The maximum atomic E-state index is 12.6. The van der Waals surface area contributed by atoms with Gasteiger partial charge in [-0.25, -0.2) is 9.78 Å². The Morgan fingerprint density at radius 3 is 2.11 bits per heavy atom. The van der Waals surface area contributed by atoms with E-state index >= 15 is 0 Å². The Labute approximate surface area is 164 Å². The average molecular weight is 384 g/mol. The molecule has 2 rings (SSSR count). The zero-order valence-corrected chi connectivity index (χ0v) is 16.3. The molecule has 7 nitrogen and oxygen atoms in total. The van der Waals surface area contributed by atoms with Crippen LogP contribution in [0.2, 0.25) is 0 Å². The van der Waals surface area contributed by atoms with E-state index in [1.54, 1.807) is 30.3 Å². The highest BCUT2D eigenvalue weighted by molar-refractivity contribution is 6.04. The highest BCUT2D eigenvalue weighted by atomic mass is 16.5. The number of anilines is 1. The van der Waals surface area contributed by atoms with Gasteiger partial charge >= 0.3 is 5.97 Å². The number of amides is 1. The predicted molar refractivity (Wildman–Crippen MR) is 107 cm³/mol. The fourth-order valence-corrected chi connectivity index (χ4v) is 2.32. The summed E-state index contributed by atoms with van der Waals surface area (Å²) >= 11 is 0. The Kier molecular flexibility index (Phi) is 7.14. The summed E-state index contributed by atoms with van der Waals surface area (Å²) in [5, 5.41) is 11.4. The number of pyridine rings is 1. The number of carbonyl (C=O) groups excluding carboxylic acids is 1. The van der Waals surface area contributed by atoms with Gasteiger partial charge in [0, 0.05) is 23.9 Å². The molecule has 2 aromatic rings. The smallest absolute Gasteiger partial charge is 0.328 e. The summed E-state index contributed by atoms with van der Waals surface area (Å²) in [5.74, 6) is 0.0317. The van der Waals surface area contributed by atoms with E-state index < -0.39 is 5.97 Å². The summed E-state index contributed by atoms with van der Waals surface area (Å²) in [7, 11) is 0. The zero-order valence-electron chi connectivity index (χ0n) is 16.3. The second-order valence-electron chi connectivity index (χ2n) is 6.63. The fourth-order valence-electron chi connectivity index (χ4n) is 2.32. The minimum Gasteiger partial charge on any atom is -0.491 e. The first-order chi connectivity index (χ1) is 13.2. The minimum absolute atomic E-state index is 0.0433. The summed E-state index contributed by atoms with van der Waals surface area (Å²) in [6.45, 7) is 7.61. The lowest BCUT2D eigenvalue weighted by molar-refractivity contribution is -0.131. The van der Waals surface area contributed by atoms with Gasteiger partial charge in [-0.05, 0) is 63.6 Å². The third-order valence-electron chi connectivity index (χ3n) is 3.33. The van der Waals surface area contributed by atoms with E-state index in [1.165, 1.54) is 12.3 Å². The molecule has 0 spiro atoms. The number of carbonyl (C=O) groups is 2. The molecule has 0 atom stereocenters. The third kappa shape index (κ3) is 6.75. The molecule has 0 unspecified atom stereocenters. The van der Waals surface area contributed by atoms with Gasteiger partial charge in [0.25, 0.3) is 5.91 Å². The van der Waals surface area contributed by atoms with Crippen LogP contribution in [0.4, 0.5) is 5.82 Å². The molecular weight excluding hydrogens is 360 g/mol. The van der Waals surface area contributed by atoms with E-state index in [2.05, 4.69) is 10.3 Å². The number of nitrogens with one attached hydrogen (secondary N) is 1. The van der Waals surface area contributed by atoms with Crippen LogP contribution in [0.5, 0.6) is 11.5 Å². The van der Waals surface area contributed by atoms with Crippen LogP contribution in [0.1, 0.15) is 43.6 Å². The first-order valence-electron chi connectivity index (χ1n) is 8.89. The van der Waals surface area contributed by atoms with Crippen LogP contribution >= 0.6 is 0 Å². The van der Waals surface area contributed by atoms with Crippen LogP contribution in [0.3, 0.4) is 0 Å². The Morgan fingerprint density at radius 2 is 1.64 bits per heavy atom. The van der Waals surface area contributed by atoms with Crippen molar-refractivity contribution >= 4 is 23.8 Å². The quantitative estimate of drug-likeness (QED) is 0.668.